The molecule has 2 nitrogen and oxygen atoms in total. The molecule has 15 heavy (non-hydrogen) atoms. The summed E-state index contributed by atoms with van der Waals surface area (Å²) < 4.78 is 51.3. The summed E-state index contributed by atoms with van der Waals surface area (Å²) in [5.74, 6) is -6.37. The van der Waals surface area contributed by atoms with Gasteiger partial charge in [0.2, 0.25) is 0 Å². The maximum atomic E-state index is 13.1. The Labute approximate surface area is 90.8 Å². The number of aliphatic hydroxyl groups excluding tert-OH is 1. The molecule has 1 rings (SSSR count). The monoisotopic (exact) mass is 287 g/mol. The van der Waals surface area contributed by atoms with Gasteiger partial charge in [0.05, 0.1) is 17.1 Å². The predicted molar refractivity (Wildman–Crippen MR) is 48.0 cm³/mol. The van der Waals surface area contributed by atoms with Crippen molar-refractivity contribution >= 4 is 15.9 Å². The summed E-state index contributed by atoms with van der Waals surface area (Å²) in [4.78, 5) is 0. The Morgan fingerprint density at radius 2 is 1.47 bits per heavy atom. The summed E-state index contributed by atoms with van der Waals surface area (Å²) in [7, 11) is 0. The summed E-state index contributed by atoms with van der Waals surface area (Å²) in [6, 6.07) is -1.51. The smallest absolute Gasteiger partial charge is 0.176 e. The van der Waals surface area contributed by atoms with Crippen molar-refractivity contribution in [1.29, 1.82) is 0 Å². The lowest BCUT2D eigenvalue weighted by atomic mass is 10.1. The van der Waals surface area contributed by atoms with Crippen molar-refractivity contribution in [3.63, 3.8) is 0 Å². The molecule has 0 unspecified atom stereocenters. The van der Waals surface area contributed by atoms with Crippen molar-refractivity contribution in [2.75, 3.05) is 6.61 Å². The van der Waals surface area contributed by atoms with Crippen molar-refractivity contribution in [3.05, 3.63) is 33.3 Å². The summed E-state index contributed by atoms with van der Waals surface area (Å²) in [5, 5.41) is 8.57. The quantitative estimate of drug-likeness (QED) is 0.496. The lowest BCUT2D eigenvalue weighted by Gasteiger charge is -2.13. The van der Waals surface area contributed by atoms with Gasteiger partial charge >= 0.3 is 0 Å². The molecular formula is C8H6BrF4NO. The molecule has 7 heteroatoms. The highest BCUT2D eigenvalue weighted by atomic mass is 79.9. The Kier molecular flexibility index (Phi) is 3.69. The fourth-order valence-electron chi connectivity index (χ4n) is 1.04. The van der Waals surface area contributed by atoms with Crippen LogP contribution in [0, 0.1) is 23.3 Å². The molecule has 0 bridgehead atoms. The van der Waals surface area contributed by atoms with Crippen LogP contribution in [0.1, 0.15) is 11.6 Å². The molecule has 0 spiro atoms. The number of hydrogen-bond donors (Lipinski definition) is 2. The summed E-state index contributed by atoms with van der Waals surface area (Å²) in [6.07, 6.45) is 0. The lowest BCUT2D eigenvalue weighted by Crippen LogP contribution is -2.20. The molecule has 0 saturated heterocycles. The molecule has 1 aromatic carbocycles. The normalized spacial score (nSPS) is 13.0. The minimum Gasteiger partial charge on any atom is -0.394 e. The van der Waals surface area contributed by atoms with Crippen LogP contribution in [0.4, 0.5) is 17.6 Å². The number of rotatable bonds is 2. The van der Waals surface area contributed by atoms with E-state index in [4.69, 9.17) is 10.8 Å². The van der Waals surface area contributed by atoms with Gasteiger partial charge in [-0.05, 0) is 15.9 Å². The molecule has 84 valence electrons. The average Bonchev–Trinajstić information content (AvgIpc) is 2.23. The fourth-order valence-corrected chi connectivity index (χ4v) is 1.39. The highest BCUT2D eigenvalue weighted by Gasteiger charge is 2.27. The molecule has 0 aliphatic carbocycles. The third kappa shape index (κ3) is 1.99. The van der Waals surface area contributed by atoms with Crippen molar-refractivity contribution in [3.8, 4) is 0 Å². The van der Waals surface area contributed by atoms with E-state index in [1.165, 1.54) is 0 Å². The van der Waals surface area contributed by atoms with E-state index >= 15 is 0 Å². The Morgan fingerprint density at radius 1 is 1.07 bits per heavy atom. The summed E-state index contributed by atoms with van der Waals surface area (Å²) in [5.41, 5.74) is 4.10. The van der Waals surface area contributed by atoms with Crippen LogP contribution in [0.15, 0.2) is 4.47 Å². The molecule has 0 aromatic heterocycles. The number of hydrogen-bond acceptors (Lipinski definition) is 2. The second-order valence-electron chi connectivity index (χ2n) is 2.77. The highest BCUT2D eigenvalue weighted by Crippen LogP contribution is 2.30. The van der Waals surface area contributed by atoms with Crippen molar-refractivity contribution in [1.82, 2.24) is 0 Å². The van der Waals surface area contributed by atoms with E-state index in [0.29, 0.717) is 0 Å². The highest BCUT2D eigenvalue weighted by molar-refractivity contribution is 9.10. The molecule has 0 aliphatic heterocycles. The second-order valence-corrected chi connectivity index (χ2v) is 3.57. The zero-order valence-corrected chi connectivity index (χ0v) is 8.78. The Morgan fingerprint density at radius 3 is 1.80 bits per heavy atom. The Bertz CT molecular complexity index is 370. The molecular weight excluding hydrogens is 282 g/mol. The van der Waals surface area contributed by atoms with Crippen LogP contribution >= 0.6 is 15.9 Å². The molecule has 1 atom stereocenters. The Hall–Kier alpha value is -0.660. The van der Waals surface area contributed by atoms with Gasteiger partial charge in [0, 0.05) is 5.56 Å². The first-order valence-electron chi connectivity index (χ1n) is 3.79. The van der Waals surface area contributed by atoms with Crippen LogP contribution < -0.4 is 5.73 Å². The van der Waals surface area contributed by atoms with E-state index in [9.17, 15) is 17.6 Å². The third-order valence-corrected chi connectivity index (χ3v) is 2.51. The van der Waals surface area contributed by atoms with Crippen LogP contribution in [0.2, 0.25) is 0 Å². The first-order valence-corrected chi connectivity index (χ1v) is 4.58. The predicted octanol–water partition coefficient (Wildman–Crippen LogP) is 2.00. The SMILES string of the molecule is N[C@H](CO)c1c(F)c(F)c(Br)c(F)c1F. The molecule has 0 aliphatic rings. The van der Waals surface area contributed by atoms with Gasteiger partial charge in [-0.1, -0.05) is 0 Å². The Balaban J connectivity index is 3.52. The van der Waals surface area contributed by atoms with E-state index in [1.54, 1.807) is 0 Å². The van der Waals surface area contributed by atoms with Crippen LogP contribution in [0.3, 0.4) is 0 Å². The van der Waals surface area contributed by atoms with E-state index in [1.807, 2.05) is 0 Å². The van der Waals surface area contributed by atoms with Crippen LogP contribution in [-0.2, 0) is 0 Å². The number of benzene rings is 1. The van der Waals surface area contributed by atoms with E-state index in [-0.39, 0.29) is 0 Å². The van der Waals surface area contributed by atoms with Gasteiger partial charge in [-0.2, -0.15) is 0 Å². The largest absolute Gasteiger partial charge is 0.394 e. The van der Waals surface area contributed by atoms with Gasteiger partial charge in [0.1, 0.15) is 0 Å². The molecule has 0 fully saturated rings. The van der Waals surface area contributed by atoms with E-state index < -0.39 is 46.0 Å². The molecule has 0 amide bonds. The standard InChI is InChI=1S/C8H6BrF4NO/c9-4-7(12)5(10)3(2(14)1-15)6(11)8(4)13/h2,15H,1,14H2/t2-/m1/s1. The zero-order valence-electron chi connectivity index (χ0n) is 7.20. The summed E-state index contributed by atoms with van der Waals surface area (Å²) >= 11 is 2.35. The van der Waals surface area contributed by atoms with Crippen LogP contribution in [0.25, 0.3) is 0 Å². The van der Waals surface area contributed by atoms with Gasteiger partial charge in [-0.3, -0.25) is 0 Å². The van der Waals surface area contributed by atoms with Gasteiger partial charge in [0.15, 0.2) is 23.3 Å². The lowest BCUT2D eigenvalue weighted by molar-refractivity contribution is 0.259. The number of nitrogens with two attached hydrogens (primary N) is 1. The van der Waals surface area contributed by atoms with Crippen molar-refractivity contribution in [2.24, 2.45) is 5.73 Å². The van der Waals surface area contributed by atoms with E-state index in [0.717, 1.165) is 0 Å². The molecule has 3 N–H and O–H groups in total. The fraction of sp³-hybridized carbons (Fsp3) is 0.250. The topological polar surface area (TPSA) is 46.2 Å². The maximum absolute atomic E-state index is 13.1. The third-order valence-electron chi connectivity index (χ3n) is 1.81. The average molecular weight is 288 g/mol. The van der Waals surface area contributed by atoms with Crippen LogP contribution in [-0.4, -0.2) is 11.7 Å². The number of aliphatic hydroxyl groups is 1. The first-order chi connectivity index (χ1) is 6.91. The van der Waals surface area contributed by atoms with Crippen molar-refractivity contribution < 1.29 is 22.7 Å². The van der Waals surface area contributed by atoms with Crippen LogP contribution in [0.5, 0.6) is 0 Å². The molecule has 0 heterocycles. The first kappa shape index (κ1) is 12.4. The second kappa shape index (κ2) is 4.46. The maximum Gasteiger partial charge on any atom is 0.176 e. The zero-order chi connectivity index (χ0) is 11.7. The molecule has 0 radical (unpaired) electrons. The molecule has 1 aromatic rings. The number of halogens is 5. The van der Waals surface area contributed by atoms with Gasteiger partial charge in [-0.15, -0.1) is 0 Å². The minimum absolute atomic E-state index is 0.825. The van der Waals surface area contributed by atoms with Crippen molar-refractivity contribution in [2.45, 2.75) is 6.04 Å². The van der Waals surface area contributed by atoms with Gasteiger partial charge in [0.25, 0.3) is 0 Å². The van der Waals surface area contributed by atoms with Gasteiger partial charge in [-0.25, -0.2) is 17.6 Å². The minimum atomic E-state index is -1.61. The molecule has 0 saturated carbocycles. The van der Waals surface area contributed by atoms with Gasteiger partial charge < -0.3 is 10.8 Å². The summed E-state index contributed by atoms with van der Waals surface area (Å²) in [6.45, 7) is -0.825. The van der Waals surface area contributed by atoms with E-state index in [2.05, 4.69) is 15.9 Å².